The Kier molecular flexibility index (Phi) is 7.36. The van der Waals surface area contributed by atoms with Crippen molar-refractivity contribution in [3.8, 4) is 11.4 Å². The lowest BCUT2D eigenvalue weighted by atomic mass is 10.2. The number of carbonyl (C=O) groups excluding carboxylic acids is 1. The largest absolute Gasteiger partial charge is 0.368 e. The molecule has 3 N–H and O–H groups in total. The van der Waals surface area contributed by atoms with Gasteiger partial charge in [-0.25, -0.2) is 5.10 Å². The highest BCUT2D eigenvalue weighted by Gasteiger charge is 2.11. The molecule has 0 saturated carbocycles. The van der Waals surface area contributed by atoms with Gasteiger partial charge in [-0.05, 0) is 43.0 Å². The molecule has 0 radical (unpaired) electrons. The van der Waals surface area contributed by atoms with Crippen LogP contribution in [-0.2, 0) is 11.2 Å². The van der Waals surface area contributed by atoms with Crippen molar-refractivity contribution in [2.24, 2.45) is 0 Å². The second kappa shape index (κ2) is 10.8. The summed E-state index contributed by atoms with van der Waals surface area (Å²) in [4.78, 5) is 29.5. The van der Waals surface area contributed by atoms with Crippen LogP contribution in [0.3, 0.4) is 0 Å². The Morgan fingerprint density at radius 2 is 1.88 bits per heavy atom. The zero-order valence-electron chi connectivity index (χ0n) is 18.1. The van der Waals surface area contributed by atoms with Crippen LogP contribution in [-0.4, -0.2) is 45.6 Å². The van der Waals surface area contributed by atoms with Gasteiger partial charge in [0.2, 0.25) is 17.6 Å². The van der Waals surface area contributed by atoms with Crippen molar-refractivity contribution in [1.82, 2.24) is 25.7 Å². The number of aromatic amines is 1. The molecule has 170 valence electrons. The SMILES string of the molecule is CSc1ccc(-c2noc(CCC(=O)NCCCNc3n[nH]c(=O)c4ccccc34)n2)cc1. The van der Waals surface area contributed by atoms with Crippen LogP contribution >= 0.6 is 11.8 Å². The Balaban J connectivity index is 1.18. The number of benzene rings is 2. The number of rotatable bonds is 10. The Hall–Kier alpha value is -3.66. The predicted molar refractivity (Wildman–Crippen MR) is 128 cm³/mol. The predicted octanol–water partition coefficient (Wildman–Crippen LogP) is 3.25. The molecule has 0 aliphatic carbocycles. The number of hydrogen-bond donors (Lipinski definition) is 3. The van der Waals surface area contributed by atoms with Gasteiger partial charge in [0.05, 0.1) is 5.39 Å². The number of amides is 1. The van der Waals surface area contributed by atoms with Crippen molar-refractivity contribution >= 4 is 34.3 Å². The lowest BCUT2D eigenvalue weighted by Crippen LogP contribution is -2.26. The Labute approximate surface area is 194 Å². The number of hydrogen-bond acceptors (Lipinski definition) is 8. The van der Waals surface area contributed by atoms with E-state index in [2.05, 4.69) is 31.0 Å². The van der Waals surface area contributed by atoms with Gasteiger partial charge in [-0.2, -0.15) is 10.1 Å². The fourth-order valence-corrected chi connectivity index (χ4v) is 3.70. The molecule has 9 nitrogen and oxygen atoms in total. The van der Waals surface area contributed by atoms with Crippen molar-refractivity contribution in [3.05, 3.63) is 64.8 Å². The van der Waals surface area contributed by atoms with E-state index in [0.717, 1.165) is 15.8 Å². The maximum Gasteiger partial charge on any atom is 0.272 e. The van der Waals surface area contributed by atoms with Crippen LogP contribution in [0.4, 0.5) is 5.82 Å². The quantitative estimate of drug-likeness (QED) is 0.241. The number of nitrogens with one attached hydrogen (secondary N) is 3. The molecule has 1 amide bonds. The van der Waals surface area contributed by atoms with E-state index in [1.54, 1.807) is 17.8 Å². The summed E-state index contributed by atoms with van der Waals surface area (Å²) in [6.07, 6.45) is 3.38. The van der Waals surface area contributed by atoms with Crippen LogP contribution in [0.1, 0.15) is 18.7 Å². The van der Waals surface area contributed by atoms with E-state index in [9.17, 15) is 9.59 Å². The highest BCUT2D eigenvalue weighted by molar-refractivity contribution is 7.98. The molecule has 4 aromatic rings. The number of fused-ring (bicyclic) bond motifs is 1. The van der Waals surface area contributed by atoms with Crippen molar-refractivity contribution in [1.29, 1.82) is 0 Å². The monoisotopic (exact) mass is 464 g/mol. The number of nitrogens with zero attached hydrogens (tertiary/aromatic N) is 3. The van der Waals surface area contributed by atoms with Crippen LogP contribution in [0.5, 0.6) is 0 Å². The number of carbonyl (C=O) groups is 1. The summed E-state index contributed by atoms with van der Waals surface area (Å²) in [5, 5.41) is 18.0. The minimum absolute atomic E-state index is 0.0771. The summed E-state index contributed by atoms with van der Waals surface area (Å²) in [6.45, 7) is 1.12. The second-order valence-electron chi connectivity index (χ2n) is 7.32. The average molecular weight is 465 g/mol. The third-order valence-corrected chi connectivity index (χ3v) is 5.79. The summed E-state index contributed by atoms with van der Waals surface area (Å²) in [6, 6.07) is 15.2. The number of anilines is 1. The van der Waals surface area contributed by atoms with E-state index in [1.165, 1.54) is 0 Å². The van der Waals surface area contributed by atoms with E-state index in [4.69, 9.17) is 4.52 Å². The highest BCUT2D eigenvalue weighted by atomic mass is 32.2. The summed E-state index contributed by atoms with van der Waals surface area (Å²) in [5.41, 5.74) is 0.662. The summed E-state index contributed by atoms with van der Waals surface area (Å²) >= 11 is 1.67. The third kappa shape index (κ3) is 5.78. The molecule has 0 unspecified atom stereocenters. The number of thioether (sulfide) groups is 1. The highest BCUT2D eigenvalue weighted by Crippen LogP contribution is 2.21. The number of aromatic nitrogens is 4. The van der Waals surface area contributed by atoms with Crippen LogP contribution < -0.4 is 16.2 Å². The average Bonchev–Trinajstić information content (AvgIpc) is 3.33. The molecule has 10 heteroatoms. The first-order valence-corrected chi connectivity index (χ1v) is 11.8. The summed E-state index contributed by atoms with van der Waals surface area (Å²) in [5.74, 6) is 1.50. The minimum Gasteiger partial charge on any atom is -0.368 e. The Morgan fingerprint density at radius 3 is 2.67 bits per heavy atom. The number of aryl methyl sites for hydroxylation is 1. The van der Waals surface area contributed by atoms with Crippen molar-refractivity contribution < 1.29 is 9.32 Å². The Morgan fingerprint density at radius 1 is 1.09 bits per heavy atom. The van der Waals surface area contributed by atoms with E-state index in [-0.39, 0.29) is 17.9 Å². The molecule has 2 aromatic heterocycles. The van der Waals surface area contributed by atoms with Gasteiger partial charge < -0.3 is 15.2 Å². The third-order valence-electron chi connectivity index (χ3n) is 5.05. The molecule has 0 bridgehead atoms. The fraction of sp³-hybridized carbons (Fsp3) is 0.261. The molecule has 0 saturated heterocycles. The first-order valence-electron chi connectivity index (χ1n) is 10.6. The number of H-pyrrole nitrogens is 1. The maximum atomic E-state index is 12.1. The van der Waals surface area contributed by atoms with Gasteiger partial charge in [-0.3, -0.25) is 9.59 Å². The van der Waals surface area contributed by atoms with Crippen molar-refractivity contribution in [2.45, 2.75) is 24.2 Å². The molecule has 0 aliphatic heterocycles. The first-order chi connectivity index (χ1) is 16.1. The smallest absolute Gasteiger partial charge is 0.272 e. The zero-order chi connectivity index (χ0) is 23.0. The molecular weight excluding hydrogens is 440 g/mol. The normalized spacial score (nSPS) is 10.9. The molecule has 0 fully saturated rings. The van der Waals surface area contributed by atoms with E-state index in [0.29, 0.717) is 48.9 Å². The summed E-state index contributed by atoms with van der Waals surface area (Å²) < 4.78 is 5.27. The van der Waals surface area contributed by atoms with E-state index >= 15 is 0 Å². The van der Waals surface area contributed by atoms with Crippen LogP contribution in [0.2, 0.25) is 0 Å². The maximum absolute atomic E-state index is 12.1. The van der Waals surface area contributed by atoms with Crippen molar-refractivity contribution in [3.63, 3.8) is 0 Å². The Bertz CT molecular complexity index is 1290. The topological polar surface area (TPSA) is 126 Å². The van der Waals surface area contributed by atoms with Gasteiger partial charge in [0.15, 0.2) is 5.82 Å². The molecule has 0 atom stereocenters. The lowest BCUT2D eigenvalue weighted by Gasteiger charge is -2.08. The van der Waals surface area contributed by atoms with Gasteiger partial charge in [0.25, 0.3) is 5.56 Å². The van der Waals surface area contributed by atoms with Gasteiger partial charge in [0, 0.05) is 41.8 Å². The van der Waals surface area contributed by atoms with Gasteiger partial charge in [-0.15, -0.1) is 11.8 Å². The van der Waals surface area contributed by atoms with Crippen LogP contribution in [0.25, 0.3) is 22.2 Å². The standard InChI is InChI=1S/C23H24N6O3S/c1-33-16-9-7-15(8-10-16)21-26-20(32-29-21)12-11-19(30)24-13-4-14-25-22-17-5-2-3-6-18(17)23(31)28-27-22/h2-3,5-10H,4,11-14H2,1H3,(H,24,30)(H,25,27)(H,28,31). The van der Waals surface area contributed by atoms with Gasteiger partial charge in [-0.1, -0.05) is 23.4 Å². The molecule has 0 aliphatic rings. The molecule has 2 heterocycles. The molecular formula is C23H24N6O3S. The first kappa shape index (κ1) is 22.5. The fourth-order valence-electron chi connectivity index (χ4n) is 3.30. The molecule has 4 rings (SSSR count). The van der Waals surface area contributed by atoms with Gasteiger partial charge in [0.1, 0.15) is 0 Å². The summed E-state index contributed by atoms with van der Waals surface area (Å²) in [7, 11) is 0. The minimum atomic E-state index is -0.217. The van der Waals surface area contributed by atoms with Crippen molar-refractivity contribution in [2.75, 3.05) is 24.7 Å². The second-order valence-corrected chi connectivity index (χ2v) is 8.20. The molecule has 2 aromatic carbocycles. The van der Waals surface area contributed by atoms with Crippen LogP contribution in [0, 0.1) is 0 Å². The van der Waals surface area contributed by atoms with E-state index < -0.39 is 0 Å². The molecule has 0 spiro atoms. The van der Waals surface area contributed by atoms with Gasteiger partial charge >= 0.3 is 0 Å². The molecule has 33 heavy (non-hydrogen) atoms. The van der Waals surface area contributed by atoms with E-state index in [1.807, 2.05) is 48.7 Å². The zero-order valence-corrected chi connectivity index (χ0v) is 18.9. The van der Waals surface area contributed by atoms with Crippen LogP contribution in [0.15, 0.2) is 62.7 Å². The lowest BCUT2D eigenvalue weighted by molar-refractivity contribution is -0.121.